The number of halogens is 1. The number of hydrogen-bond acceptors (Lipinski definition) is 4. The van der Waals surface area contributed by atoms with E-state index >= 15 is 0 Å². The first-order valence-electron chi connectivity index (χ1n) is 10.9. The number of amides is 1. The van der Waals surface area contributed by atoms with Crippen molar-refractivity contribution in [2.24, 2.45) is 0 Å². The van der Waals surface area contributed by atoms with Crippen LogP contribution in [0.15, 0.2) is 66.9 Å². The van der Waals surface area contributed by atoms with Crippen molar-refractivity contribution < 1.29 is 4.79 Å². The van der Waals surface area contributed by atoms with Crippen molar-refractivity contribution in [3.63, 3.8) is 0 Å². The summed E-state index contributed by atoms with van der Waals surface area (Å²) in [5.74, 6) is 0.00631. The number of para-hydroxylation sites is 1. The Kier molecular flexibility index (Phi) is 5.53. The SMILES string of the molecule is CCc1c(C(=O)N2CCN(c3ccccc3Cl)CC2)cnc2cc(-c3ccccc3)nn12. The molecule has 7 heteroatoms. The van der Waals surface area contributed by atoms with E-state index in [4.69, 9.17) is 16.7 Å². The number of aromatic nitrogens is 3. The monoisotopic (exact) mass is 445 g/mol. The maximum absolute atomic E-state index is 13.4. The summed E-state index contributed by atoms with van der Waals surface area (Å²) < 4.78 is 1.82. The zero-order valence-electron chi connectivity index (χ0n) is 17.9. The molecule has 1 fully saturated rings. The highest BCUT2D eigenvalue weighted by Gasteiger charge is 2.26. The topological polar surface area (TPSA) is 53.7 Å². The van der Waals surface area contributed by atoms with Crippen LogP contribution in [0.3, 0.4) is 0 Å². The van der Waals surface area contributed by atoms with E-state index in [-0.39, 0.29) is 5.91 Å². The second kappa shape index (κ2) is 8.63. The lowest BCUT2D eigenvalue weighted by molar-refractivity contribution is 0.0744. The third-order valence-electron chi connectivity index (χ3n) is 5.98. The molecule has 162 valence electrons. The Labute approximate surface area is 192 Å². The van der Waals surface area contributed by atoms with E-state index in [1.165, 1.54) is 0 Å². The van der Waals surface area contributed by atoms with Gasteiger partial charge >= 0.3 is 0 Å². The van der Waals surface area contributed by atoms with Crippen molar-refractivity contribution in [1.82, 2.24) is 19.5 Å². The van der Waals surface area contributed by atoms with Crippen LogP contribution in [0.2, 0.25) is 5.02 Å². The first kappa shape index (κ1) is 20.5. The lowest BCUT2D eigenvalue weighted by Gasteiger charge is -2.36. The summed E-state index contributed by atoms with van der Waals surface area (Å²) in [5, 5.41) is 5.50. The second-order valence-electron chi connectivity index (χ2n) is 7.87. The highest BCUT2D eigenvalue weighted by molar-refractivity contribution is 6.33. The molecule has 1 amide bonds. The lowest BCUT2D eigenvalue weighted by atomic mass is 10.1. The maximum Gasteiger partial charge on any atom is 0.257 e. The Morgan fingerprint density at radius 1 is 1.00 bits per heavy atom. The molecule has 0 atom stereocenters. The number of aryl methyl sites for hydroxylation is 1. The van der Waals surface area contributed by atoms with Crippen molar-refractivity contribution in [1.29, 1.82) is 0 Å². The van der Waals surface area contributed by atoms with Crippen LogP contribution < -0.4 is 4.90 Å². The highest BCUT2D eigenvalue weighted by atomic mass is 35.5. The van der Waals surface area contributed by atoms with E-state index in [1.54, 1.807) is 6.20 Å². The number of hydrogen-bond donors (Lipinski definition) is 0. The average Bonchev–Trinajstić information content (AvgIpc) is 3.28. The van der Waals surface area contributed by atoms with E-state index in [2.05, 4.69) is 9.88 Å². The van der Waals surface area contributed by atoms with Crippen molar-refractivity contribution >= 4 is 28.8 Å². The Morgan fingerprint density at radius 3 is 2.44 bits per heavy atom. The summed E-state index contributed by atoms with van der Waals surface area (Å²) in [6.45, 7) is 4.81. The standard InChI is InChI=1S/C25H24ClN5O/c1-2-22-19(17-27-24-16-21(28-31(22)24)18-8-4-3-5-9-18)25(32)30-14-12-29(13-15-30)23-11-7-6-10-20(23)26/h3-11,16-17H,2,12-15H2,1H3. The quantitative estimate of drug-likeness (QED) is 0.461. The van der Waals surface area contributed by atoms with Gasteiger partial charge in [0.25, 0.3) is 5.91 Å². The molecule has 0 aliphatic carbocycles. The molecule has 32 heavy (non-hydrogen) atoms. The number of fused-ring (bicyclic) bond motifs is 1. The fourth-order valence-electron chi connectivity index (χ4n) is 4.28. The minimum atomic E-state index is 0.00631. The molecule has 0 spiro atoms. The van der Waals surface area contributed by atoms with Gasteiger partial charge < -0.3 is 9.80 Å². The summed E-state index contributed by atoms with van der Waals surface area (Å²) in [5.41, 5.74) is 5.16. The largest absolute Gasteiger partial charge is 0.367 e. The van der Waals surface area contributed by atoms with E-state index in [9.17, 15) is 4.79 Å². The van der Waals surface area contributed by atoms with Crippen LogP contribution >= 0.6 is 11.6 Å². The molecule has 1 aliphatic rings. The van der Waals surface area contributed by atoms with Gasteiger partial charge in [-0.2, -0.15) is 5.10 Å². The van der Waals surface area contributed by atoms with Crippen LogP contribution in [0, 0.1) is 0 Å². The van der Waals surface area contributed by atoms with Crippen LogP contribution in [-0.4, -0.2) is 51.6 Å². The molecule has 0 N–H and O–H groups in total. The van der Waals surface area contributed by atoms with Gasteiger partial charge in [0.2, 0.25) is 0 Å². The van der Waals surface area contributed by atoms with Gasteiger partial charge in [-0.1, -0.05) is 61.0 Å². The predicted octanol–water partition coefficient (Wildman–Crippen LogP) is 4.57. The van der Waals surface area contributed by atoms with Gasteiger partial charge in [0.1, 0.15) is 0 Å². The third kappa shape index (κ3) is 3.71. The van der Waals surface area contributed by atoms with E-state index in [0.29, 0.717) is 25.1 Å². The number of rotatable bonds is 4. The lowest BCUT2D eigenvalue weighted by Crippen LogP contribution is -2.49. The van der Waals surface area contributed by atoms with Crippen molar-refractivity contribution in [3.8, 4) is 11.3 Å². The number of piperazine rings is 1. The number of carbonyl (C=O) groups is 1. The zero-order valence-corrected chi connectivity index (χ0v) is 18.7. The summed E-state index contributed by atoms with van der Waals surface area (Å²) in [6, 6.07) is 19.8. The molecular weight excluding hydrogens is 422 g/mol. The van der Waals surface area contributed by atoms with Crippen molar-refractivity contribution in [3.05, 3.63) is 83.1 Å². The minimum Gasteiger partial charge on any atom is -0.367 e. The Bertz CT molecular complexity index is 1260. The second-order valence-corrected chi connectivity index (χ2v) is 8.28. The van der Waals surface area contributed by atoms with Gasteiger partial charge in [0, 0.05) is 44.0 Å². The predicted molar refractivity (Wildman–Crippen MR) is 127 cm³/mol. The normalized spacial score (nSPS) is 14.2. The van der Waals surface area contributed by atoms with Gasteiger partial charge in [-0.05, 0) is 18.6 Å². The molecule has 1 saturated heterocycles. The van der Waals surface area contributed by atoms with E-state index in [0.717, 1.165) is 46.4 Å². The van der Waals surface area contributed by atoms with E-state index in [1.807, 2.05) is 77.0 Å². The smallest absolute Gasteiger partial charge is 0.257 e. The fourth-order valence-corrected chi connectivity index (χ4v) is 4.53. The molecule has 0 unspecified atom stereocenters. The summed E-state index contributed by atoms with van der Waals surface area (Å²) >= 11 is 6.35. The zero-order chi connectivity index (χ0) is 22.1. The molecule has 3 heterocycles. The molecule has 0 bridgehead atoms. The molecule has 0 saturated carbocycles. The van der Waals surface area contributed by atoms with Gasteiger partial charge in [0.15, 0.2) is 5.65 Å². The molecule has 5 rings (SSSR count). The minimum absolute atomic E-state index is 0.00631. The summed E-state index contributed by atoms with van der Waals surface area (Å²) in [7, 11) is 0. The van der Waals surface area contributed by atoms with Gasteiger partial charge in [-0.3, -0.25) is 4.79 Å². The third-order valence-corrected chi connectivity index (χ3v) is 6.30. The van der Waals surface area contributed by atoms with Crippen molar-refractivity contribution in [2.75, 3.05) is 31.1 Å². The highest BCUT2D eigenvalue weighted by Crippen LogP contribution is 2.27. The van der Waals surface area contributed by atoms with Crippen LogP contribution in [0.1, 0.15) is 23.0 Å². The molecule has 2 aromatic heterocycles. The van der Waals surface area contributed by atoms with Gasteiger partial charge in [-0.25, -0.2) is 9.50 Å². The first-order valence-corrected chi connectivity index (χ1v) is 11.3. The Hall–Kier alpha value is -3.38. The average molecular weight is 446 g/mol. The molecule has 6 nitrogen and oxygen atoms in total. The molecule has 2 aromatic carbocycles. The number of nitrogens with zero attached hydrogens (tertiary/aromatic N) is 5. The fraction of sp³-hybridized carbons (Fsp3) is 0.240. The van der Waals surface area contributed by atoms with E-state index < -0.39 is 0 Å². The van der Waals surface area contributed by atoms with Crippen LogP contribution in [0.5, 0.6) is 0 Å². The number of anilines is 1. The number of carbonyl (C=O) groups excluding carboxylic acids is 1. The van der Waals surface area contributed by atoms with Gasteiger partial charge in [-0.15, -0.1) is 0 Å². The number of benzene rings is 2. The van der Waals surface area contributed by atoms with Crippen LogP contribution in [-0.2, 0) is 6.42 Å². The summed E-state index contributed by atoms with van der Waals surface area (Å²) in [6.07, 6.45) is 2.39. The molecule has 0 radical (unpaired) electrons. The molecule has 4 aromatic rings. The van der Waals surface area contributed by atoms with Gasteiger partial charge in [0.05, 0.1) is 27.7 Å². The molecule has 1 aliphatic heterocycles. The summed E-state index contributed by atoms with van der Waals surface area (Å²) in [4.78, 5) is 22.1. The van der Waals surface area contributed by atoms with Crippen LogP contribution in [0.4, 0.5) is 5.69 Å². The van der Waals surface area contributed by atoms with Crippen LogP contribution in [0.25, 0.3) is 16.9 Å². The Morgan fingerprint density at radius 2 is 1.72 bits per heavy atom. The maximum atomic E-state index is 13.4. The Balaban J connectivity index is 1.39. The van der Waals surface area contributed by atoms with Crippen molar-refractivity contribution in [2.45, 2.75) is 13.3 Å². The first-order chi connectivity index (χ1) is 15.7. The molecular formula is C25H24ClN5O.